The van der Waals surface area contributed by atoms with Crippen molar-refractivity contribution in [3.8, 4) is 10.4 Å². The number of hydrogen-bond donors (Lipinski definition) is 3. The molecule has 1 fully saturated rings. The maximum absolute atomic E-state index is 14.5. The lowest BCUT2D eigenvalue weighted by Crippen LogP contribution is -2.49. The summed E-state index contributed by atoms with van der Waals surface area (Å²) in [6.45, 7) is 4.42. The van der Waals surface area contributed by atoms with Crippen LogP contribution in [0, 0.1) is 6.92 Å². The van der Waals surface area contributed by atoms with E-state index in [1.54, 1.807) is 24.0 Å². The molecular weight excluding hydrogens is 781 g/mol. The van der Waals surface area contributed by atoms with Crippen LogP contribution in [0.25, 0.3) is 10.4 Å². The van der Waals surface area contributed by atoms with Gasteiger partial charge in [0.15, 0.2) is 0 Å². The number of nitrogens with one attached hydrogen (secondary N) is 3. The fraction of sp³-hybridized carbons (Fsp3) is 0.261. The molecule has 304 valence electrons. The molecule has 0 aliphatic carbocycles. The summed E-state index contributed by atoms with van der Waals surface area (Å²) in [6.07, 6.45) is 3.17. The number of sulfonamides is 1. The van der Waals surface area contributed by atoms with Crippen LogP contribution in [-0.2, 0) is 36.4 Å². The van der Waals surface area contributed by atoms with Crippen molar-refractivity contribution in [2.45, 2.75) is 62.4 Å². The van der Waals surface area contributed by atoms with Crippen molar-refractivity contribution in [3.05, 3.63) is 161 Å². The number of aromatic nitrogens is 2. The zero-order valence-corrected chi connectivity index (χ0v) is 34.8. The van der Waals surface area contributed by atoms with Crippen molar-refractivity contribution in [1.82, 2.24) is 24.5 Å². The molecule has 3 N–H and O–H groups in total. The summed E-state index contributed by atoms with van der Waals surface area (Å²) in [5.41, 5.74) is 4.91. The molecule has 11 nitrogen and oxygen atoms in total. The summed E-state index contributed by atoms with van der Waals surface area (Å²) < 4.78 is 33.9. The van der Waals surface area contributed by atoms with Gasteiger partial charge >= 0.3 is 0 Å². The van der Waals surface area contributed by atoms with E-state index in [1.807, 2.05) is 85.4 Å². The number of carbonyl (C=O) groups excluding carboxylic acids is 3. The second-order valence-corrected chi connectivity index (χ2v) is 17.1. The van der Waals surface area contributed by atoms with Crippen molar-refractivity contribution in [2.75, 3.05) is 25.0 Å². The molecule has 4 aromatic carbocycles. The first-order valence-corrected chi connectivity index (χ1v) is 22.2. The lowest BCUT2D eigenvalue weighted by molar-refractivity contribution is -0.133. The standard InChI is InChI=1S/C46H48N6O5S2/c1-3-42(53)49-44-37(40-25-15-31-58-40)22-13-26-41(44)59(56,57)50-39(45(55)51-29-27-43(54)47-28-30-51)24-14-23-38-33(2)52(32-48-38)46(34-16-7-4-8-17-34,35-18-9-5-10-19-35)36-20-11-6-12-21-36/h4-13,15-22,25-26,31-32,39,50H,3,14,23-24,27-30H2,1-2H3,(H,47,54)(H,49,53)/t39-/m0/s1. The van der Waals surface area contributed by atoms with Crippen LogP contribution in [0.15, 0.2) is 138 Å². The lowest BCUT2D eigenvalue weighted by Gasteiger charge is -2.38. The Morgan fingerprint density at radius 1 is 0.864 bits per heavy atom. The number of rotatable bonds is 15. The van der Waals surface area contributed by atoms with Gasteiger partial charge in [0, 0.05) is 48.6 Å². The smallest absolute Gasteiger partial charge is 0.243 e. The zero-order chi connectivity index (χ0) is 41.4. The molecule has 0 saturated carbocycles. The number of benzene rings is 4. The van der Waals surface area contributed by atoms with Gasteiger partial charge in [-0.25, -0.2) is 13.4 Å². The fourth-order valence-corrected chi connectivity index (χ4v) is 10.1. The van der Waals surface area contributed by atoms with Gasteiger partial charge in [0.1, 0.15) is 16.5 Å². The van der Waals surface area contributed by atoms with Crippen molar-refractivity contribution < 1.29 is 22.8 Å². The molecule has 1 saturated heterocycles. The Hall–Kier alpha value is -5.89. The Bertz CT molecular complexity index is 2390. The first kappa shape index (κ1) is 41.3. The van der Waals surface area contributed by atoms with Crippen LogP contribution in [0.1, 0.15) is 60.7 Å². The van der Waals surface area contributed by atoms with Crippen LogP contribution in [0.2, 0.25) is 0 Å². The van der Waals surface area contributed by atoms with Crippen molar-refractivity contribution in [1.29, 1.82) is 0 Å². The summed E-state index contributed by atoms with van der Waals surface area (Å²) in [5.74, 6) is -0.926. The van der Waals surface area contributed by atoms with E-state index in [1.165, 1.54) is 17.4 Å². The van der Waals surface area contributed by atoms with Gasteiger partial charge in [-0.3, -0.25) is 14.4 Å². The van der Waals surface area contributed by atoms with E-state index in [2.05, 4.69) is 56.3 Å². The number of amides is 3. The van der Waals surface area contributed by atoms with Crippen molar-refractivity contribution in [2.24, 2.45) is 0 Å². The van der Waals surface area contributed by atoms with Gasteiger partial charge in [0.2, 0.25) is 27.7 Å². The molecule has 1 aliphatic heterocycles. The van der Waals surface area contributed by atoms with Crippen LogP contribution in [-0.4, -0.2) is 66.3 Å². The molecule has 3 heterocycles. The Kier molecular flexibility index (Phi) is 12.8. The fourth-order valence-electron chi connectivity index (χ4n) is 7.90. The third-order valence-electron chi connectivity index (χ3n) is 10.9. The highest BCUT2D eigenvalue weighted by molar-refractivity contribution is 7.89. The van der Waals surface area contributed by atoms with E-state index < -0.39 is 27.5 Å². The van der Waals surface area contributed by atoms with Gasteiger partial charge in [-0.2, -0.15) is 4.72 Å². The molecule has 0 bridgehead atoms. The van der Waals surface area contributed by atoms with Gasteiger partial charge in [-0.15, -0.1) is 11.3 Å². The maximum atomic E-state index is 14.5. The minimum absolute atomic E-state index is 0.115. The van der Waals surface area contributed by atoms with E-state index >= 15 is 0 Å². The minimum atomic E-state index is -4.38. The Balaban J connectivity index is 1.22. The minimum Gasteiger partial charge on any atom is -0.354 e. The van der Waals surface area contributed by atoms with Gasteiger partial charge in [0.25, 0.3) is 0 Å². The number of carbonyl (C=O) groups is 3. The molecule has 0 spiro atoms. The molecular formula is C46H48N6O5S2. The zero-order valence-electron chi connectivity index (χ0n) is 33.1. The van der Waals surface area contributed by atoms with Crippen LogP contribution in [0.5, 0.6) is 0 Å². The Morgan fingerprint density at radius 3 is 2.10 bits per heavy atom. The van der Waals surface area contributed by atoms with E-state index in [0.717, 1.165) is 33.0 Å². The average molecular weight is 829 g/mol. The molecule has 0 radical (unpaired) electrons. The normalized spacial score (nSPS) is 14.0. The molecule has 7 rings (SSSR count). The number of imidazole rings is 1. The molecule has 2 aromatic heterocycles. The van der Waals surface area contributed by atoms with Crippen LogP contribution in [0.3, 0.4) is 0 Å². The molecule has 59 heavy (non-hydrogen) atoms. The number of para-hydroxylation sites is 1. The highest BCUT2D eigenvalue weighted by Gasteiger charge is 2.40. The number of nitrogens with zero attached hydrogens (tertiary/aromatic N) is 3. The Morgan fingerprint density at radius 2 is 1.51 bits per heavy atom. The molecule has 1 atom stereocenters. The van der Waals surface area contributed by atoms with Gasteiger partial charge < -0.3 is 20.1 Å². The molecule has 13 heteroatoms. The predicted molar refractivity (Wildman–Crippen MR) is 231 cm³/mol. The number of hydrogen-bond acceptors (Lipinski definition) is 7. The average Bonchev–Trinajstić information content (AvgIpc) is 3.87. The van der Waals surface area contributed by atoms with Crippen LogP contribution >= 0.6 is 11.3 Å². The first-order valence-electron chi connectivity index (χ1n) is 19.9. The van der Waals surface area contributed by atoms with E-state index in [4.69, 9.17) is 4.98 Å². The van der Waals surface area contributed by atoms with Gasteiger partial charge in [-0.1, -0.05) is 116 Å². The maximum Gasteiger partial charge on any atom is 0.243 e. The third kappa shape index (κ3) is 8.78. The topological polar surface area (TPSA) is 142 Å². The molecule has 3 amide bonds. The van der Waals surface area contributed by atoms with Crippen molar-refractivity contribution >= 4 is 44.8 Å². The summed E-state index contributed by atoms with van der Waals surface area (Å²) in [6, 6.07) is 38.4. The summed E-state index contributed by atoms with van der Waals surface area (Å²) >= 11 is 1.42. The quantitative estimate of drug-likeness (QED) is 0.0942. The summed E-state index contributed by atoms with van der Waals surface area (Å²) in [5, 5.41) is 7.49. The Labute approximate surface area is 349 Å². The van der Waals surface area contributed by atoms with Crippen LogP contribution < -0.4 is 15.4 Å². The number of anilines is 1. The lowest BCUT2D eigenvalue weighted by atomic mass is 9.76. The van der Waals surface area contributed by atoms with E-state index in [-0.39, 0.29) is 61.3 Å². The second kappa shape index (κ2) is 18.4. The molecule has 1 aliphatic rings. The van der Waals surface area contributed by atoms with E-state index in [0.29, 0.717) is 18.4 Å². The first-order chi connectivity index (χ1) is 28.6. The third-order valence-corrected chi connectivity index (χ3v) is 13.3. The van der Waals surface area contributed by atoms with Gasteiger partial charge in [-0.05, 0) is 60.4 Å². The van der Waals surface area contributed by atoms with Crippen molar-refractivity contribution in [3.63, 3.8) is 0 Å². The number of thiophene rings is 1. The summed E-state index contributed by atoms with van der Waals surface area (Å²) in [7, 11) is -4.38. The summed E-state index contributed by atoms with van der Waals surface area (Å²) in [4.78, 5) is 46.4. The molecule has 6 aromatic rings. The van der Waals surface area contributed by atoms with Gasteiger partial charge in [0.05, 0.1) is 17.7 Å². The SMILES string of the molecule is CCC(=O)Nc1c(-c2cccs2)cccc1S(=O)(=O)N[C@@H](CCCc1ncn(C(c2ccccc2)(c2ccccc2)c2ccccc2)c1C)C(=O)N1CCNC(=O)CC1. The highest BCUT2D eigenvalue weighted by Crippen LogP contribution is 2.42. The molecule has 0 unspecified atom stereocenters. The monoisotopic (exact) mass is 828 g/mol. The predicted octanol–water partition coefficient (Wildman–Crippen LogP) is 7.13. The second-order valence-electron chi connectivity index (χ2n) is 14.5. The highest BCUT2D eigenvalue weighted by atomic mass is 32.2. The number of aryl methyl sites for hydroxylation is 1. The van der Waals surface area contributed by atoms with E-state index in [9.17, 15) is 22.8 Å². The largest absolute Gasteiger partial charge is 0.354 e. The van der Waals surface area contributed by atoms with Crippen LogP contribution in [0.4, 0.5) is 5.69 Å².